The van der Waals surface area contributed by atoms with Crippen molar-refractivity contribution >= 4 is 22.6 Å². The number of halogens is 1. The molecule has 176 valence electrons. The van der Waals surface area contributed by atoms with Crippen LogP contribution in [0, 0.1) is 17.4 Å². The average Bonchev–Trinajstić information content (AvgIpc) is 2.78. The predicted octanol–water partition coefficient (Wildman–Crippen LogP) is 10.5. The molecule has 0 unspecified atom stereocenters. The van der Waals surface area contributed by atoms with Gasteiger partial charge in [-0.1, -0.05) is 99.9 Å². The van der Waals surface area contributed by atoms with E-state index in [1.54, 1.807) is 0 Å². The van der Waals surface area contributed by atoms with Crippen LogP contribution in [0.1, 0.15) is 87.5 Å². The monoisotopic (exact) mass is 552 g/mol. The molecule has 0 heterocycles. The molecule has 0 aromatic heterocycles. The molecule has 3 aromatic carbocycles. The van der Waals surface area contributed by atoms with Gasteiger partial charge in [-0.2, -0.15) is 0 Å². The molecule has 0 amide bonds. The van der Waals surface area contributed by atoms with Gasteiger partial charge in [0.15, 0.2) is 0 Å². The van der Waals surface area contributed by atoms with E-state index in [2.05, 4.69) is 105 Å². The Hall–Kier alpha value is -1.61. The second kappa shape index (κ2) is 13.3. The van der Waals surface area contributed by atoms with Crippen LogP contribution >= 0.6 is 22.6 Å². The number of hydrogen-bond donors (Lipinski definition) is 0. The normalized spacial score (nSPS) is 11.2. The molecule has 0 radical (unpaired) electrons. The van der Waals surface area contributed by atoms with Gasteiger partial charge in [-0.25, -0.2) is 0 Å². The number of unbranched alkanes of at least 4 members (excludes halogenated alkanes) is 6. The lowest BCUT2D eigenvalue weighted by Crippen LogP contribution is -1.92. The summed E-state index contributed by atoms with van der Waals surface area (Å²) in [4.78, 5) is 0. The first kappa shape index (κ1) is 26.0. The van der Waals surface area contributed by atoms with E-state index in [-0.39, 0.29) is 0 Å². The number of hydrogen-bond acceptors (Lipinski definition) is 0. The second-order valence-electron chi connectivity index (χ2n) is 9.76. The van der Waals surface area contributed by atoms with Crippen molar-refractivity contribution in [2.24, 2.45) is 0 Å². The Bertz CT molecular complexity index is 951. The summed E-state index contributed by atoms with van der Waals surface area (Å²) in [6.07, 6.45) is 12.9. The van der Waals surface area contributed by atoms with Gasteiger partial charge in [-0.3, -0.25) is 0 Å². The molecule has 0 aliphatic carbocycles. The molecule has 0 saturated heterocycles. The van der Waals surface area contributed by atoms with Gasteiger partial charge in [0.25, 0.3) is 0 Å². The number of benzene rings is 3. The predicted molar refractivity (Wildman–Crippen MR) is 155 cm³/mol. The quantitative estimate of drug-likeness (QED) is 0.155. The van der Waals surface area contributed by atoms with Gasteiger partial charge < -0.3 is 0 Å². The SMILES string of the molecule is CCCCCCc1cc(C)cc(-c2cc(I)cc(-c3cc(C)cc(CCCCCC)c3)c2)c1. The van der Waals surface area contributed by atoms with Crippen molar-refractivity contribution in [3.05, 3.63) is 80.4 Å². The zero-order valence-corrected chi connectivity index (χ0v) is 23.3. The van der Waals surface area contributed by atoms with Crippen LogP contribution in [0.25, 0.3) is 22.3 Å². The van der Waals surface area contributed by atoms with Crippen molar-refractivity contribution in [3.8, 4) is 22.3 Å². The molecule has 0 aliphatic rings. The van der Waals surface area contributed by atoms with Crippen LogP contribution in [0.4, 0.5) is 0 Å². The summed E-state index contributed by atoms with van der Waals surface area (Å²) in [5, 5.41) is 0. The first-order valence-corrected chi connectivity index (χ1v) is 14.1. The molecule has 3 rings (SSSR count). The Morgan fingerprint density at radius 2 is 0.909 bits per heavy atom. The number of rotatable bonds is 12. The summed E-state index contributed by atoms with van der Waals surface area (Å²) >= 11 is 2.48. The minimum Gasteiger partial charge on any atom is -0.0654 e. The summed E-state index contributed by atoms with van der Waals surface area (Å²) in [7, 11) is 0. The lowest BCUT2D eigenvalue weighted by molar-refractivity contribution is 0.667. The zero-order valence-electron chi connectivity index (χ0n) is 21.1. The van der Waals surface area contributed by atoms with Crippen LogP contribution in [-0.4, -0.2) is 0 Å². The molecule has 0 spiro atoms. The minimum atomic E-state index is 1.19. The molecule has 0 bridgehead atoms. The van der Waals surface area contributed by atoms with Crippen LogP contribution in [-0.2, 0) is 12.8 Å². The maximum absolute atomic E-state index is 2.48. The van der Waals surface area contributed by atoms with Crippen molar-refractivity contribution in [1.82, 2.24) is 0 Å². The summed E-state index contributed by atoms with van der Waals surface area (Å²) in [6.45, 7) is 9.03. The third kappa shape index (κ3) is 8.28. The van der Waals surface area contributed by atoms with Crippen molar-refractivity contribution in [3.63, 3.8) is 0 Å². The van der Waals surface area contributed by atoms with Gasteiger partial charge in [-0.05, 0) is 114 Å². The molecule has 0 fully saturated rings. The largest absolute Gasteiger partial charge is 0.0654 e. The van der Waals surface area contributed by atoms with E-state index in [0.717, 1.165) is 0 Å². The topological polar surface area (TPSA) is 0 Å². The standard InChI is InChI=1S/C32H41I/c1-5-7-9-11-13-26-15-24(3)17-28(19-26)30-21-31(23-32(33)22-30)29-18-25(4)16-27(20-29)14-12-10-8-6-2/h15-23H,5-14H2,1-4H3. The molecule has 0 aliphatic heterocycles. The fourth-order valence-corrected chi connectivity index (χ4v) is 5.45. The molecule has 0 atom stereocenters. The summed E-state index contributed by atoms with van der Waals surface area (Å²) in [6, 6.07) is 21.3. The maximum atomic E-state index is 2.48. The Morgan fingerprint density at radius 3 is 1.33 bits per heavy atom. The van der Waals surface area contributed by atoms with Crippen LogP contribution in [0.15, 0.2) is 54.6 Å². The smallest absolute Gasteiger partial charge is 0.0142 e. The summed E-state index contributed by atoms with van der Waals surface area (Å²) < 4.78 is 1.30. The lowest BCUT2D eigenvalue weighted by atomic mass is 9.93. The van der Waals surface area contributed by atoms with E-state index in [1.165, 1.54) is 112 Å². The zero-order chi connectivity index (χ0) is 23.6. The highest BCUT2D eigenvalue weighted by Gasteiger charge is 2.08. The average molecular weight is 553 g/mol. The van der Waals surface area contributed by atoms with Gasteiger partial charge in [0, 0.05) is 3.57 Å². The first-order chi connectivity index (χ1) is 16.0. The van der Waals surface area contributed by atoms with Crippen LogP contribution < -0.4 is 0 Å². The van der Waals surface area contributed by atoms with Crippen molar-refractivity contribution in [2.45, 2.75) is 91.9 Å². The summed E-state index contributed by atoms with van der Waals surface area (Å²) in [5.74, 6) is 0. The third-order valence-corrected chi connectivity index (χ3v) is 7.10. The van der Waals surface area contributed by atoms with E-state index in [4.69, 9.17) is 0 Å². The summed E-state index contributed by atoms with van der Waals surface area (Å²) in [5.41, 5.74) is 11.1. The Labute approximate surface area is 216 Å². The highest BCUT2D eigenvalue weighted by Crippen LogP contribution is 2.32. The van der Waals surface area contributed by atoms with Crippen LogP contribution in [0.5, 0.6) is 0 Å². The van der Waals surface area contributed by atoms with Gasteiger partial charge in [0.1, 0.15) is 0 Å². The van der Waals surface area contributed by atoms with Crippen LogP contribution in [0.2, 0.25) is 0 Å². The lowest BCUT2D eigenvalue weighted by Gasteiger charge is -2.13. The van der Waals surface area contributed by atoms with Crippen molar-refractivity contribution < 1.29 is 0 Å². The molecule has 0 nitrogen and oxygen atoms in total. The fourth-order valence-electron chi connectivity index (χ4n) is 4.78. The molecule has 0 N–H and O–H groups in total. The molecule has 33 heavy (non-hydrogen) atoms. The maximum Gasteiger partial charge on any atom is 0.0142 e. The molecule has 1 heteroatoms. The molecular formula is C32H41I. The fraction of sp³-hybridized carbons (Fsp3) is 0.438. The Kier molecular flexibility index (Phi) is 10.5. The third-order valence-electron chi connectivity index (χ3n) is 6.48. The van der Waals surface area contributed by atoms with Gasteiger partial charge in [-0.15, -0.1) is 0 Å². The Morgan fingerprint density at radius 1 is 0.485 bits per heavy atom. The van der Waals surface area contributed by atoms with Crippen molar-refractivity contribution in [1.29, 1.82) is 0 Å². The van der Waals surface area contributed by atoms with Crippen LogP contribution in [0.3, 0.4) is 0 Å². The van der Waals surface area contributed by atoms with Gasteiger partial charge >= 0.3 is 0 Å². The molecule has 3 aromatic rings. The van der Waals surface area contributed by atoms with Gasteiger partial charge in [0.05, 0.1) is 0 Å². The van der Waals surface area contributed by atoms with E-state index in [9.17, 15) is 0 Å². The highest BCUT2D eigenvalue weighted by molar-refractivity contribution is 14.1. The number of aryl methyl sites for hydroxylation is 4. The van der Waals surface area contributed by atoms with E-state index >= 15 is 0 Å². The highest BCUT2D eigenvalue weighted by atomic mass is 127. The molecule has 0 saturated carbocycles. The van der Waals surface area contributed by atoms with E-state index in [1.807, 2.05) is 0 Å². The van der Waals surface area contributed by atoms with Gasteiger partial charge in [0.2, 0.25) is 0 Å². The Balaban J connectivity index is 1.87. The molecular weight excluding hydrogens is 511 g/mol. The van der Waals surface area contributed by atoms with Crippen molar-refractivity contribution in [2.75, 3.05) is 0 Å². The second-order valence-corrected chi connectivity index (χ2v) is 11.0. The first-order valence-electron chi connectivity index (χ1n) is 13.0. The van der Waals surface area contributed by atoms with E-state index < -0.39 is 0 Å². The minimum absolute atomic E-state index is 1.19. The van der Waals surface area contributed by atoms with E-state index in [0.29, 0.717) is 0 Å².